The molecule has 166 valence electrons. The smallest absolute Gasteiger partial charge is 0.269 e. The molecule has 33 heavy (non-hydrogen) atoms. The quantitative estimate of drug-likeness (QED) is 0.374. The summed E-state index contributed by atoms with van der Waals surface area (Å²) in [5.74, 6) is -2.80. The van der Waals surface area contributed by atoms with Crippen molar-refractivity contribution < 1.29 is 18.9 Å². The van der Waals surface area contributed by atoms with Gasteiger partial charge in [-0.2, -0.15) is 0 Å². The highest BCUT2D eigenvalue weighted by molar-refractivity contribution is 6.12. The lowest BCUT2D eigenvalue weighted by molar-refractivity contribution is -0.384. The van der Waals surface area contributed by atoms with Crippen LogP contribution in [-0.4, -0.2) is 40.1 Å². The van der Waals surface area contributed by atoms with Gasteiger partial charge in [-0.3, -0.25) is 29.6 Å². The zero-order valence-corrected chi connectivity index (χ0v) is 17.6. The van der Waals surface area contributed by atoms with Crippen LogP contribution < -0.4 is 5.32 Å². The average molecular weight is 446 g/mol. The number of nitro benzene ring substituents is 1. The molecule has 9 heteroatoms. The second kappa shape index (κ2) is 7.56. The number of hydrogen-bond acceptors (Lipinski definition) is 6. The molecular weight excluding hydrogens is 427 g/mol. The van der Waals surface area contributed by atoms with E-state index in [2.05, 4.69) is 10.3 Å². The number of halogens is 1. The molecule has 1 fully saturated rings. The number of amides is 1. The third kappa shape index (κ3) is 3.04. The van der Waals surface area contributed by atoms with Crippen LogP contribution in [0.4, 0.5) is 15.8 Å². The minimum absolute atomic E-state index is 0.106. The van der Waals surface area contributed by atoms with E-state index in [9.17, 15) is 24.1 Å². The first-order valence-electron chi connectivity index (χ1n) is 10.4. The number of likely N-dealkylation sites (N-methyl/N-ethyl adjacent to an activating group) is 1. The van der Waals surface area contributed by atoms with Crippen molar-refractivity contribution >= 4 is 23.1 Å². The number of fused-ring (bicyclic) bond motifs is 2. The number of benzene rings is 2. The van der Waals surface area contributed by atoms with Gasteiger partial charge in [0, 0.05) is 53.8 Å². The highest BCUT2D eigenvalue weighted by atomic mass is 19.1. The van der Waals surface area contributed by atoms with E-state index in [-0.39, 0.29) is 18.0 Å². The van der Waals surface area contributed by atoms with Crippen molar-refractivity contribution in [2.75, 3.05) is 18.9 Å². The Bertz CT molecular complexity index is 1300. The van der Waals surface area contributed by atoms with Gasteiger partial charge >= 0.3 is 0 Å². The number of nitrogens with zero attached hydrogens (tertiary/aromatic N) is 3. The molecule has 1 N–H and O–H groups in total. The summed E-state index contributed by atoms with van der Waals surface area (Å²) < 4.78 is 14.3. The van der Waals surface area contributed by atoms with Gasteiger partial charge in [0.2, 0.25) is 5.91 Å². The van der Waals surface area contributed by atoms with Crippen molar-refractivity contribution in [3.63, 3.8) is 0 Å². The van der Waals surface area contributed by atoms with E-state index in [0.29, 0.717) is 22.4 Å². The molecule has 3 heterocycles. The third-order valence-electron chi connectivity index (χ3n) is 6.65. The minimum Gasteiger partial charge on any atom is -0.324 e. The number of anilines is 1. The van der Waals surface area contributed by atoms with Crippen molar-refractivity contribution in [1.29, 1.82) is 0 Å². The third-order valence-corrected chi connectivity index (χ3v) is 6.65. The van der Waals surface area contributed by atoms with Crippen LogP contribution in [0.25, 0.3) is 0 Å². The lowest BCUT2D eigenvalue weighted by Gasteiger charge is -2.35. The van der Waals surface area contributed by atoms with Crippen LogP contribution in [-0.2, 0) is 10.3 Å². The standard InChI is InChI=1S/C24H19FN4O4/c1-28-13-18(14-4-2-6-17(10-14)29(32)33)21(22(30)15-5-3-9-26-12-15)24(28)19-11-16(25)7-8-20(19)27-23(24)31/h2-12,18,21H,13H2,1H3,(H,27,31)/t18-,21+,24+/m1/s1. The molecule has 3 aromatic rings. The topological polar surface area (TPSA) is 105 Å². The number of nitrogens with one attached hydrogen (secondary N) is 1. The molecule has 0 bridgehead atoms. The molecule has 2 aliphatic rings. The SMILES string of the molecule is CN1C[C@H](c2cccc([N+](=O)[O-])c2)[C@@H](C(=O)c2cccnc2)[C@@]12C(=O)Nc1ccc(F)cc12. The Morgan fingerprint density at radius 1 is 1.24 bits per heavy atom. The first-order valence-corrected chi connectivity index (χ1v) is 10.4. The highest BCUT2D eigenvalue weighted by Gasteiger charge is 2.64. The predicted molar refractivity (Wildman–Crippen MR) is 117 cm³/mol. The second-order valence-corrected chi connectivity index (χ2v) is 8.33. The molecular formula is C24H19FN4O4. The Hall–Kier alpha value is -3.98. The first-order chi connectivity index (χ1) is 15.8. The lowest BCUT2D eigenvalue weighted by Crippen LogP contribution is -2.51. The maximum atomic E-state index is 14.3. The fourth-order valence-corrected chi connectivity index (χ4v) is 5.27. The van der Waals surface area contributed by atoms with Crippen LogP contribution in [0.15, 0.2) is 67.0 Å². The molecule has 8 nitrogen and oxygen atoms in total. The molecule has 0 saturated carbocycles. The normalized spacial score (nSPS) is 24.0. The lowest BCUT2D eigenvalue weighted by atomic mass is 9.70. The van der Waals surface area contributed by atoms with Gasteiger partial charge in [0.15, 0.2) is 5.78 Å². The van der Waals surface area contributed by atoms with E-state index in [1.165, 1.54) is 42.7 Å². The van der Waals surface area contributed by atoms with E-state index < -0.39 is 34.0 Å². The summed E-state index contributed by atoms with van der Waals surface area (Å²) in [4.78, 5) is 44.1. The Kier molecular flexibility index (Phi) is 4.79. The van der Waals surface area contributed by atoms with Crippen molar-refractivity contribution in [2.45, 2.75) is 11.5 Å². The van der Waals surface area contributed by atoms with Gasteiger partial charge in [-0.05, 0) is 42.9 Å². The van der Waals surface area contributed by atoms with Gasteiger partial charge in [0.25, 0.3) is 5.69 Å². The number of Topliss-reactive ketones (excluding diaryl/α,β-unsaturated/α-hetero) is 1. The highest BCUT2D eigenvalue weighted by Crippen LogP contribution is 2.55. The zero-order chi connectivity index (χ0) is 23.3. The maximum absolute atomic E-state index is 14.3. The summed E-state index contributed by atoms with van der Waals surface area (Å²) in [6.45, 7) is 0.265. The van der Waals surface area contributed by atoms with Crippen molar-refractivity contribution in [3.8, 4) is 0 Å². The van der Waals surface area contributed by atoms with Gasteiger partial charge in [0.05, 0.1) is 10.8 Å². The average Bonchev–Trinajstić information content (AvgIpc) is 3.29. The fourth-order valence-electron chi connectivity index (χ4n) is 5.27. The number of rotatable bonds is 4. The fraction of sp³-hybridized carbons (Fsp3) is 0.208. The molecule has 5 rings (SSSR count). The van der Waals surface area contributed by atoms with Gasteiger partial charge < -0.3 is 5.32 Å². The molecule has 1 amide bonds. The van der Waals surface area contributed by atoms with Crippen molar-refractivity contribution in [2.24, 2.45) is 5.92 Å². The molecule has 0 unspecified atom stereocenters. The number of carbonyl (C=O) groups is 2. The van der Waals surface area contributed by atoms with E-state index in [4.69, 9.17) is 0 Å². The second-order valence-electron chi connectivity index (χ2n) is 8.33. The van der Waals surface area contributed by atoms with Crippen LogP contribution >= 0.6 is 0 Å². The van der Waals surface area contributed by atoms with Crippen LogP contribution in [0.1, 0.15) is 27.4 Å². The minimum atomic E-state index is -1.47. The summed E-state index contributed by atoms with van der Waals surface area (Å²) in [6, 6.07) is 13.3. The number of nitro groups is 1. The number of pyridine rings is 1. The molecule has 1 aromatic heterocycles. The maximum Gasteiger partial charge on any atom is 0.269 e. The zero-order valence-electron chi connectivity index (χ0n) is 17.6. The summed E-state index contributed by atoms with van der Waals surface area (Å²) in [5.41, 5.74) is 0.116. The summed E-state index contributed by atoms with van der Waals surface area (Å²) >= 11 is 0. The monoisotopic (exact) mass is 446 g/mol. The molecule has 1 saturated heterocycles. The number of hydrogen-bond donors (Lipinski definition) is 1. The predicted octanol–water partition coefficient (Wildman–Crippen LogP) is 3.50. The van der Waals surface area contributed by atoms with E-state index >= 15 is 0 Å². The van der Waals surface area contributed by atoms with E-state index in [0.717, 1.165) is 0 Å². The van der Waals surface area contributed by atoms with Gasteiger partial charge in [0.1, 0.15) is 11.4 Å². The Morgan fingerprint density at radius 2 is 2.06 bits per heavy atom. The summed E-state index contributed by atoms with van der Waals surface area (Å²) in [6.07, 6.45) is 2.97. The molecule has 2 aliphatic heterocycles. The van der Waals surface area contributed by atoms with E-state index in [1.54, 1.807) is 36.2 Å². The number of aromatic nitrogens is 1. The summed E-state index contributed by atoms with van der Waals surface area (Å²) in [5, 5.41) is 14.2. The molecule has 0 radical (unpaired) electrons. The Balaban J connectivity index is 1.74. The van der Waals surface area contributed by atoms with E-state index in [1.807, 2.05) is 0 Å². The molecule has 2 aromatic carbocycles. The summed E-state index contributed by atoms with van der Waals surface area (Å²) in [7, 11) is 1.71. The van der Waals surface area contributed by atoms with Crippen molar-refractivity contribution in [1.82, 2.24) is 9.88 Å². The Labute approximate surface area is 188 Å². The Morgan fingerprint density at radius 3 is 2.79 bits per heavy atom. The van der Waals surface area contributed by atoms with Gasteiger partial charge in [-0.1, -0.05) is 12.1 Å². The number of non-ortho nitro benzene ring substituents is 1. The van der Waals surface area contributed by atoms with Gasteiger partial charge in [-0.25, -0.2) is 4.39 Å². The van der Waals surface area contributed by atoms with Crippen LogP contribution in [0, 0.1) is 21.8 Å². The van der Waals surface area contributed by atoms with Crippen molar-refractivity contribution in [3.05, 3.63) is 99.6 Å². The van der Waals surface area contributed by atoms with Crippen LogP contribution in [0.2, 0.25) is 0 Å². The van der Waals surface area contributed by atoms with Crippen LogP contribution in [0.5, 0.6) is 0 Å². The number of carbonyl (C=O) groups excluding carboxylic acids is 2. The number of ketones is 1. The number of likely N-dealkylation sites (tertiary alicyclic amines) is 1. The van der Waals surface area contributed by atoms with Crippen LogP contribution in [0.3, 0.4) is 0 Å². The molecule has 3 atom stereocenters. The molecule has 1 spiro atoms. The molecule has 0 aliphatic carbocycles. The first kappa shape index (κ1) is 20.9. The van der Waals surface area contributed by atoms with Gasteiger partial charge in [-0.15, -0.1) is 0 Å². The largest absolute Gasteiger partial charge is 0.324 e.